The normalized spacial score (nSPS) is 13.0. The van der Waals surface area contributed by atoms with Crippen LogP contribution >= 0.6 is 15.9 Å². The van der Waals surface area contributed by atoms with Gasteiger partial charge in [0.25, 0.3) is 0 Å². The third-order valence-electron chi connectivity index (χ3n) is 3.73. The van der Waals surface area contributed by atoms with Gasteiger partial charge in [-0.2, -0.15) is 5.10 Å². The van der Waals surface area contributed by atoms with E-state index in [4.69, 9.17) is 0 Å². The van der Waals surface area contributed by atoms with E-state index in [1.54, 1.807) is 6.20 Å². The lowest BCUT2D eigenvalue weighted by Gasteiger charge is -2.12. The largest absolute Gasteiger partial charge is 0.325 e. The minimum Gasteiger partial charge on any atom is -0.325 e. The van der Waals surface area contributed by atoms with E-state index in [2.05, 4.69) is 26.3 Å². The van der Waals surface area contributed by atoms with Gasteiger partial charge in [0, 0.05) is 15.6 Å². The lowest BCUT2D eigenvalue weighted by Crippen LogP contribution is -2.12. The lowest BCUT2D eigenvalue weighted by molar-refractivity contribution is -0.115. The Morgan fingerprint density at radius 3 is 2.73 bits per heavy atom. The van der Waals surface area contributed by atoms with Crippen molar-refractivity contribution in [1.29, 1.82) is 0 Å². The van der Waals surface area contributed by atoms with Gasteiger partial charge in [-0.3, -0.25) is 4.79 Å². The standard InChI is InChI=1S/C17H12BrN3O/c18-13-6-2-4-8-15(13)21-17-11(10-19-21)9-16(22)20-14-7-3-1-5-12(14)17/h1-8,10H,9H2,(H,20,22). The number of anilines is 1. The molecule has 0 saturated heterocycles. The van der Waals surface area contributed by atoms with Crippen molar-refractivity contribution < 1.29 is 4.79 Å². The van der Waals surface area contributed by atoms with E-state index in [0.29, 0.717) is 6.42 Å². The molecule has 1 amide bonds. The van der Waals surface area contributed by atoms with Crippen molar-refractivity contribution in [1.82, 2.24) is 9.78 Å². The Bertz CT molecular complexity index is 885. The number of carbonyl (C=O) groups excluding carboxylic acids is 1. The topological polar surface area (TPSA) is 46.9 Å². The van der Waals surface area contributed by atoms with Crippen LogP contribution in [0.3, 0.4) is 0 Å². The number of para-hydroxylation sites is 2. The van der Waals surface area contributed by atoms with E-state index in [-0.39, 0.29) is 5.91 Å². The highest BCUT2D eigenvalue weighted by Gasteiger charge is 2.23. The average molecular weight is 354 g/mol. The van der Waals surface area contributed by atoms with Gasteiger partial charge in [-0.1, -0.05) is 30.3 Å². The zero-order valence-electron chi connectivity index (χ0n) is 11.6. The number of hydrogen-bond acceptors (Lipinski definition) is 2. The van der Waals surface area contributed by atoms with Crippen molar-refractivity contribution in [2.45, 2.75) is 6.42 Å². The van der Waals surface area contributed by atoms with Gasteiger partial charge in [0.2, 0.25) is 5.91 Å². The molecule has 1 N–H and O–H groups in total. The number of aromatic nitrogens is 2. The molecule has 0 saturated carbocycles. The molecule has 0 unspecified atom stereocenters. The van der Waals surface area contributed by atoms with Crippen LogP contribution in [0.15, 0.2) is 59.2 Å². The molecule has 2 aromatic carbocycles. The Morgan fingerprint density at radius 2 is 1.86 bits per heavy atom. The van der Waals surface area contributed by atoms with Crippen LogP contribution < -0.4 is 5.32 Å². The number of fused-ring (bicyclic) bond motifs is 3. The first-order chi connectivity index (χ1) is 10.7. The Balaban J connectivity index is 2.02. The van der Waals surface area contributed by atoms with Gasteiger partial charge in [0.05, 0.1) is 29.7 Å². The molecule has 0 atom stereocenters. The van der Waals surface area contributed by atoms with Gasteiger partial charge in [-0.05, 0) is 34.1 Å². The summed E-state index contributed by atoms with van der Waals surface area (Å²) in [5.41, 5.74) is 4.64. The first-order valence-electron chi connectivity index (χ1n) is 6.95. The van der Waals surface area contributed by atoms with Crippen LogP contribution in [-0.4, -0.2) is 15.7 Å². The molecule has 3 aromatic rings. The van der Waals surface area contributed by atoms with Crippen LogP contribution in [0.2, 0.25) is 0 Å². The highest BCUT2D eigenvalue weighted by Crippen LogP contribution is 2.36. The molecule has 0 radical (unpaired) electrons. The maximum absolute atomic E-state index is 12.1. The van der Waals surface area contributed by atoms with E-state index >= 15 is 0 Å². The van der Waals surface area contributed by atoms with Crippen LogP contribution in [0.25, 0.3) is 16.9 Å². The van der Waals surface area contributed by atoms with Gasteiger partial charge in [0.15, 0.2) is 0 Å². The molecule has 4 nitrogen and oxygen atoms in total. The summed E-state index contributed by atoms with van der Waals surface area (Å²) in [6.07, 6.45) is 2.10. The molecule has 1 aliphatic heterocycles. The molecule has 1 aliphatic rings. The van der Waals surface area contributed by atoms with E-state index in [1.165, 1.54) is 0 Å². The minimum atomic E-state index is -0.0159. The van der Waals surface area contributed by atoms with Gasteiger partial charge in [0.1, 0.15) is 0 Å². The third-order valence-corrected chi connectivity index (χ3v) is 4.40. The molecule has 22 heavy (non-hydrogen) atoms. The summed E-state index contributed by atoms with van der Waals surface area (Å²) in [5.74, 6) is -0.0159. The fourth-order valence-corrected chi connectivity index (χ4v) is 3.22. The van der Waals surface area contributed by atoms with Crippen LogP contribution in [0.1, 0.15) is 5.56 Å². The Kier molecular flexibility index (Phi) is 3.08. The number of carbonyl (C=O) groups is 1. The van der Waals surface area contributed by atoms with E-state index in [0.717, 1.165) is 32.7 Å². The van der Waals surface area contributed by atoms with Crippen molar-refractivity contribution in [3.05, 3.63) is 64.8 Å². The highest BCUT2D eigenvalue weighted by atomic mass is 79.9. The number of nitrogens with zero attached hydrogens (tertiary/aromatic N) is 2. The van der Waals surface area contributed by atoms with Gasteiger partial charge in [-0.15, -0.1) is 0 Å². The second-order valence-corrected chi connectivity index (χ2v) is 6.01. The zero-order valence-corrected chi connectivity index (χ0v) is 13.2. The van der Waals surface area contributed by atoms with Crippen LogP contribution in [0, 0.1) is 0 Å². The number of hydrogen-bond donors (Lipinski definition) is 1. The number of benzene rings is 2. The summed E-state index contributed by atoms with van der Waals surface area (Å²) in [6.45, 7) is 0. The molecule has 2 heterocycles. The summed E-state index contributed by atoms with van der Waals surface area (Å²) >= 11 is 3.57. The fraction of sp³-hybridized carbons (Fsp3) is 0.0588. The predicted octanol–water partition coefficient (Wildman–Crippen LogP) is 3.80. The van der Waals surface area contributed by atoms with Crippen LogP contribution in [0.5, 0.6) is 0 Å². The first-order valence-corrected chi connectivity index (χ1v) is 7.74. The van der Waals surface area contributed by atoms with Crippen molar-refractivity contribution in [2.75, 3.05) is 5.32 Å². The Labute approximate surface area is 135 Å². The number of halogens is 1. The third kappa shape index (κ3) is 2.05. The molecule has 0 fully saturated rings. The summed E-state index contributed by atoms with van der Waals surface area (Å²) in [6, 6.07) is 15.7. The quantitative estimate of drug-likeness (QED) is 0.723. The lowest BCUT2D eigenvalue weighted by atomic mass is 10.1. The second kappa shape index (κ2) is 5.10. The number of rotatable bonds is 1. The van der Waals surface area contributed by atoms with Crippen molar-refractivity contribution in [3.63, 3.8) is 0 Å². The van der Waals surface area contributed by atoms with Crippen molar-refractivity contribution in [3.8, 4) is 16.9 Å². The summed E-state index contributed by atoms with van der Waals surface area (Å²) in [4.78, 5) is 12.1. The molecule has 4 rings (SSSR count). The zero-order chi connectivity index (χ0) is 15.1. The van der Waals surface area contributed by atoms with E-state index in [9.17, 15) is 4.79 Å². The predicted molar refractivity (Wildman–Crippen MR) is 89.0 cm³/mol. The molecule has 108 valence electrons. The maximum atomic E-state index is 12.1. The van der Waals surface area contributed by atoms with Crippen molar-refractivity contribution >= 4 is 27.5 Å². The van der Waals surface area contributed by atoms with E-state index < -0.39 is 0 Å². The number of amides is 1. The molecule has 5 heteroatoms. The molecule has 1 aromatic heterocycles. The van der Waals surface area contributed by atoms with Crippen LogP contribution in [0.4, 0.5) is 5.69 Å². The van der Waals surface area contributed by atoms with E-state index in [1.807, 2.05) is 53.2 Å². The molecular weight excluding hydrogens is 342 g/mol. The average Bonchev–Trinajstić information content (AvgIpc) is 2.85. The monoisotopic (exact) mass is 353 g/mol. The van der Waals surface area contributed by atoms with Crippen molar-refractivity contribution in [2.24, 2.45) is 0 Å². The smallest absolute Gasteiger partial charge is 0.228 e. The second-order valence-electron chi connectivity index (χ2n) is 5.15. The minimum absolute atomic E-state index is 0.0159. The fourth-order valence-electron chi connectivity index (χ4n) is 2.77. The molecule has 0 aliphatic carbocycles. The molecular formula is C17H12BrN3O. The van der Waals surface area contributed by atoms with Gasteiger partial charge in [-0.25, -0.2) is 4.68 Å². The Morgan fingerprint density at radius 1 is 1.09 bits per heavy atom. The SMILES string of the molecule is O=C1Cc2cnn(-c3ccccc3Br)c2-c2ccccc2N1. The molecule has 0 bridgehead atoms. The first kappa shape index (κ1) is 13.3. The maximum Gasteiger partial charge on any atom is 0.228 e. The Hall–Kier alpha value is -2.40. The molecule has 0 spiro atoms. The highest BCUT2D eigenvalue weighted by molar-refractivity contribution is 9.10. The van der Waals surface area contributed by atoms with Gasteiger partial charge >= 0.3 is 0 Å². The summed E-state index contributed by atoms with van der Waals surface area (Å²) < 4.78 is 2.85. The summed E-state index contributed by atoms with van der Waals surface area (Å²) in [7, 11) is 0. The summed E-state index contributed by atoms with van der Waals surface area (Å²) in [5, 5.41) is 7.47. The van der Waals surface area contributed by atoms with Gasteiger partial charge < -0.3 is 5.32 Å². The van der Waals surface area contributed by atoms with Crippen LogP contribution in [-0.2, 0) is 11.2 Å². The number of nitrogens with one attached hydrogen (secondary N) is 1.